The number of nitrogens with zero attached hydrogens (tertiary/aromatic N) is 1. The van der Waals surface area contributed by atoms with E-state index in [0.717, 1.165) is 36.7 Å². The standard InChI is InChI=1S/C19H29N3O2/c1-14-6-8-15(9-7-14)18(23)12-20-19(24)21-16-10-11-22(13-16)17-4-2-3-5-17/h6-9,16-18,23H,2-5,10-13H2,1H3,(H2,20,21,24)/t16-,18-/m1/s1. The Hall–Kier alpha value is -1.59. The zero-order valence-corrected chi connectivity index (χ0v) is 14.5. The lowest BCUT2D eigenvalue weighted by Gasteiger charge is -2.23. The van der Waals surface area contributed by atoms with Gasteiger partial charge in [-0.3, -0.25) is 4.90 Å². The average molecular weight is 331 g/mol. The summed E-state index contributed by atoms with van der Waals surface area (Å²) in [5.74, 6) is 0. The van der Waals surface area contributed by atoms with Crippen molar-refractivity contribution < 1.29 is 9.90 Å². The van der Waals surface area contributed by atoms with Crippen molar-refractivity contribution in [3.8, 4) is 0 Å². The van der Waals surface area contributed by atoms with Gasteiger partial charge in [0.05, 0.1) is 6.10 Å². The number of rotatable bonds is 5. The monoisotopic (exact) mass is 331 g/mol. The van der Waals surface area contributed by atoms with Crippen LogP contribution < -0.4 is 10.6 Å². The first kappa shape index (κ1) is 17.2. The molecule has 1 heterocycles. The fourth-order valence-corrected chi connectivity index (χ4v) is 3.84. The molecule has 1 aliphatic heterocycles. The van der Waals surface area contributed by atoms with Crippen molar-refractivity contribution in [2.24, 2.45) is 0 Å². The molecule has 0 aromatic heterocycles. The zero-order chi connectivity index (χ0) is 16.9. The Morgan fingerprint density at radius 1 is 1.25 bits per heavy atom. The highest BCUT2D eigenvalue weighted by molar-refractivity contribution is 5.74. The molecule has 1 aromatic rings. The number of benzene rings is 1. The lowest BCUT2D eigenvalue weighted by molar-refractivity contribution is 0.172. The smallest absolute Gasteiger partial charge is 0.315 e. The maximum absolute atomic E-state index is 12.1. The van der Waals surface area contributed by atoms with E-state index < -0.39 is 6.10 Å². The first-order chi connectivity index (χ1) is 11.6. The van der Waals surface area contributed by atoms with Gasteiger partial charge in [0.15, 0.2) is 0 Å². The van der Waals surface area contributed by atoms with Crippen molar-refractivity contribution in [2.45, 2.75) is 57.2 Å². The summed E-state index contributed by atoms with van der Waals surface area (Å²) in [7, 11) is 0. The number of carbonyl (C=O) groups excluding carboxylic acids is 1. The topological polar surface area (TPSA) is 64.6 Å². The summed E-state index contributed by atoms with van der Waals surface area (Å²) in [4.78, 5) is 14.6. The van der Waals surface area contributed by atoms with E-state index >= 15 is 0 Å². The molecule has 132 valence electrons. The van der Waals surface area contributed by atoms with Crippen LogP contribution in [0.2, 0.25) is 0 Å². The number of aliphatic hydroxyl groups excluding tert-OH is 1. The predicted octanol–water partition coefficient (Wildman–Crippen LogP) is 2.34. The molecule has 1 aromatic carbocycles. The molecule has 0 bridgehead atoms. The maximum atomic E-state index is 12.1. The van der Waals surface area contributed by atoms with E-state index in [1.54, 1.807) is 0 Å². The van der Waals surface area contributed by atoms with Crippen LogP contribution in [0.1, 0.15) is 49.3 Å². The molecule has 2 atom stereocenters. The Bertz CT molecular complexity index is 540. The highest BCUT2D eigenvalue weighted by atomic mass is 16.3. The van der Waals surface area contributed by atoms with Gasteiger partial charge in [0.25, 0.3) is 0 Å². The molecule has 0 spiro atoms. The van der Waals surface area contributed by atoms with Gasteiger partial charge in [-0.1, -0.05) is 42.7 Å². The van der Waals surface area contributed by atoms with Gasteiger partial charge in [0.2, 0.25) is 0 Å². The Labute approximate surface area is 144 Å². The van der Waals surface area contributed by atoms with Gasteiger partial charge in [-0.15, -0.1) is 0 Å². The fraction of sp³-hybridized carbons (Fsp3) is 0.632. The van der Waals surface area contributed by atoms with Gasteiger partial charge in [0.1, 0.15) is 0 Å². The van der Waals surface area contributed by atoms with Crippen molar-refractivity contribution in [1.29, 1.82) is 0 Å². The summed E-state index contributed by atoms with van der Waals surface area (Å²) in [5.41, 5.74) is 1.99. The van der Waals surface area contributed by atoms with Crippen LogP contribution in [0.25, 0.3) is 0 Å². The fourth-order valence-electron chi connectivity index (χ4n) is 3.84. The van der Waals surface area contributed by atoms with Gasteiger partial charge in [0, 0.05) is 31.7 Å². The Morgan fingerprint density at radius 2 is 1.96 bits per heavy atom. The highest BCUT2D eigenvalue weighted by Gasteiger charge is 2.30. The first-order valence-electron chi connectivity index (χ1n) is 9.15. The second-order valence-corrected chi connectivity index (χ2v) is 7.20. The normalized spacial score (nSPS) is 23.3. The summed E-state index contributed by atoms with van der Waals surface area (Å²) < 4.78 is 0. The van der Waals surface area contributed by atoms with Crippen molar-refractivity contribution in [3.05, 3.63) is 35.4 Å². The molecule has 5 nitrogen and oxygen atoms in total. The lowest BCUT2D eigenvalue weighted by atomic mass is 10.1. The molecular weight excluding hydrogens is 302 g/mol. The molecule has 0 radical (unpaired) electrons. The van der Waals surface area contributed by atoms with Gasteiger partial charge >= 0.3 is 6.03 Å². The van der Waals surface area contributed by atoms with E-state index in [1.807, 2.05) is 31.2 Å². The summed E-state index contributed by atoms with van der Waals surface area (Å²) in [5, 5.41) is 16.0. The number of hydrogen-bond acceptors (Lipinski definition) is 3. The van der Waals surface area contributed by atoms with E-state index in [-0.39, 0.29) is 18.6 Å². The van der Waals surface area contributed by atoms with Gasteiger partial charge in [-0.25, -0.2) is 4.79 Å². The van der Waals surface area contributed by atoms with E-state index in [2.05, 4.69) is 15.5 Å². The summed E-state index contributed by atoms with van der Waals surface area (Å²) in [6.45, 7) is 4.28. The van der Waals surface area contributed by atoms with Gasteiger partial charge in [-0.05, 0) is 31.7 Å². The molecule has 1 saturated carbocycles. The third kappa shape index (κ3) is 4.48. The van der Waals surface area contributed by atoms with Crippen molar-refractivity contribution in [2.75, 3.05) is 19.6 Å². The van der Waals surface area contributed by atoms with E-state index in [0.29, 0.717) is 0 Å². The minimum Gasteiger partial charge on any atom is -0.387 e. The van der Waals surface area contributed by atoms with E-state index in [4.69, 9.17) is 0 Å². The van der Waals surface area contributed by atoms with Crippen LogP contribution in [0.3, 0.4) is 0 Å². The molecule has 2 amide bonds. The summed E-state index contributed by atoms with van der Waals surface area (Å²) in [6.07, 6.45) is 5.65. The van der Waals surface area contributed by atoms with Crippen LogP contribution in [0, 0.1) is 6.92 Å². The SMILES string of the molecule is Cc1ccc([C@H](O)CNC(=O)N[C@@H]2CCN(C3CCCC3)C2)cc1. The summed E-state index contributed by atoms with van der Waals surface area (Å²) in [6, 6.07) is 8.50. The molecule has 3 N–H and O–H groups in total. The Balaban J connectivity index is 1.39. The molecular formula is C19H29N3O2. The minimum atomic E-state index is -0.671. The van der Waals surface area contributed by atoms with Gasteiger partial charge < -0.3 is 15.7 Å². The van der Waals surface area contributed by atoms with Crippen LogP contribution in [0.5, 0.6) is 0 Å². The molecule has 5 heteroatoms. The molecule has 0 unspecified atom stereocenters. The second-order valence-electron chi connectivity index (χ2n) is 7.20. The van der Waals surface area contributed by atoms with Crippen molar-refractivity contribution in [3.63, 3.8) is 0 Å². The molecule has 1 saturated heterocycles. The average Bonchev–Trinajstić information content (AvgIpc) is 3.24. The molecule has 3 rings (SSSR count). The maximum Gasteiger partial charge on any atom is 0.315 e. The number of carbonyl (C=O) groups is 1. The van der Waals surface area contributed by atoms with E-state index in [1.165, 1.54) is 25.7 Å². The quantitative estimate of drug-likeness (QED) is 0.776. The molecule has 1 aliphatic carbocycles. The lowest BCUT2D eigenvalue weighted by Crippen LogP contribution is -2.45. The first-order valence-corrected chi connectivity index (χ1v) is 9.15. The molecule has 24 heavy (non-hydrogen) atoms. The zero-order valence-electron chi connectivity index (χ0n) is 14.5. The Kier molecular flexibility index (Phi) is 5.74. The van der Waals surface area contributed by atoms with Crippen LogP contribution in [0.15, 0.2) is 24.3 Å². The minimum absolute atomic E-state index is 0.181. The highest BCUT2D eigenvalue weighted by Crippen LogP contribution is 2.26. The van der Waals surface area contributed by atoms with Crippen LogP contribution in [-0.2, 0) is 0 Å². The summed E-state index contributed by atoms with van der Waals surface area (Å²) >= 11 is 0. The number of amides is 2. The third-order valence-corrected chi connectivity index (χ3v) is 5.31. The largest absolute Gasteiger partial charge is 0.387 e. The van der Waals surface area contributed by atoms with E-state index in [9.17, 15) is 9.90 Å². The number of aliphatic hydroxyl groups is 1. The van der Waals surface area contributed by atoms with Crippen molar-refractivity contribution in [1.82, 2.24) is 15.5 Å². The van der Waals surface area contributed by atoms with Crippen molar-refractivity contribution >= 4 is 6.03 Å². The second kappa shape index (κ2) is 7.99. The van der Waals surface area contributed by atoms with Crippen LogP contribution >= 0.6 is 0 Å². The predicted molar refractivity (Wildman–Crippen MR) is 94.9 cm³/mol. The number of hydrogen-bond donors (Lipinski definition) is 3. The van der Waals surface area contributed by atoms with Crippen LogP contribution in [-0.4, -0.2) is 47.8 Å². The third-order valence-electron chi connectivity index (χ3n) is 5.31. The molecule has 2 fully saturated rings. The van der Waals surface area contributed by atoms with Gasteiger partial charge in [-0.2, -0.15) is 0 Å². The Morgan fingerprint density at radius 3 is 2.67 bits per heavy atom. The van der Waals surface area contributed by atoms with Crippen LogP contribution in [0.4, 0.5) is 4.79 Å². The number of likely N-dealkylation sites (tertiary alicyclic amines) is 1. The number of aryl methyl sites for hydroxylation is 1. The molecule has 2 aliphatic rings. The number of nitrogens with one attached hydrogen (secondary N) is 2. The number of urea groups is 1.